The molecule has 0 saturated heterocycles. The zero-order valence-corrected chi connectivity index (χ0v) is 9.16. The van der Waals surface area contributed by atoms with E-state index in [1.54, 1.807) is 14.2 Å². The third kappa shape index (κ3) is 2.13. The molecule has 0 saturated carbocycles. The molecule has 0 bridgehead atoms. The largest absolute Gasteiger partial charge is 0.491 e. The predicted octanol–water partition coefficient (Wildman–Crippen LogP) is 1.96. The molecule has 0 N–H and O–H groups in total. The lowest BCUT2D eigenvalue weighted by atomic mass is 9.85. The van der Waals surface area contributed by atoms with E-state index < -0.39 is 0 Å². The molecule has 0 amide bonds. The van der Waals surface area contributed by atoms with Gasteiger partial charge in [0.25, 0.3) is 0 Å². The van der Waals surface area contributed by atoms with Crippen LogP contribution in [0.3, 0.4) is 0 Å². The Morgan fingerprint density at radius 1 is 1.27 bits per heavy atom. The van der Waals surface area contributed by atoms with Crippen molar-refractivity contribution in [2.45, 2.75) is 12.5 Å². The summed E-state index contributed by atoms with van der Waals surface area (Å²) in [5, 5.41) is 0. The van der Waals surface area contributed by atoms with Crippen LogP contribution in [0.2, 0.25) is 0 Å². The Kier molecular flexibility index (Phi) is 3.23. The summed E-state index contributed by atoms with van der Waals surface area (Å²) in [6.07, 6.45) is 1.28. The second-order valence-corrected chi connectivity index (χ2v) is 3.63. The van der Waals surface area contributed by atoms with Crippen molar-refractivity contribution >= 4 is 0 Å². The second-order valence-electron chi connectivity index (χ2n) is 3.63. The minimum absolute atomic E-state index is 0.285. The zero-order chi connectivity index (χ0) is 10.7. The van der Waals surface area contributed by atoms with Gasteiger partial charge in [-0.25, -0.2) is 0 Å². The summed E-state index contributed by atoms with van der Waals surface area (Å²) in [7, 11) is 3.42. The molecule has 0 aliphatic heterocycles. The standard InChI is InChI=1S/C12H16O3/c1-13-5-6-15-10-3-4-11-9(7-10)8-12(11)14-2/h3-4,7,12H,5-6,8H2,1-2H3. The average Bonchev–Trinajstić information content (AvgIpc) is 2.22. The van der Waals surface area contributed by atoms with Crippen molar-refractivity contribution in [1.82, 2.24) is 0 Å². The van der Waals surface area contributed by atoms with Gasteiger partial charge in [-0.15, -0.1) is 0 Å². The molecule has 0 heterocycles. The molecule has 15 heavy (non-hydrogen) atoms. The van der Waals surface area contributed by atoms with Crippen LogP contribution in [-0.4, -0.2) is 27.4 Å². The smallest absolute Gasteiger partial charge is 0.119 e. The monoisotopic (exact) mass is 208 g/mol. The number of methoxy groups -OCH3 is 2. The molecule has 1 aliphatic rings. The van der Waals surface area contributed by atoms with Crippen LogP contribution in [0.5, 0.6) is 5.75 Å². The van der Waals surface area contributed by atoms with Gasteiger partial charge in [-0.05, 0) is 23.3 Å². The highest BCUT2D eigenvalue weighted by Gasteiger charge is 2.25. The molecule has 1 unspecified atom stereocenters. The summed E-state index contributed by atoms with van der Waals surface area (Å²) in [5.41, 5.74) is 2.62. The van der Waals surface area contributed by atoms with E-state index in [0.717, 1.165) is 12.2 Å². The van der Waals surface area contributed by atoms with Crippen LogP contribution in [-0.2, 0) is 15.9 Å². The molecule has 3 heteroatoms. The minimum atomic E-state index is 0.285. The molecule has 1 aromatic carbocycles. The minimum Gasteiger partial charge on any atom is -0.491 e. The third-order valence-corrected chi connectivity index (χ3v) is 2.71. The Hall–Kier alpha value is -1.06. The lowest BCUT2D eigenvalue weighted by Gasteiger charge is -2.29. The lowest BCUT2D eigenvalue weighted by molar-refractivity contribution is 0.0841. The van der Waals surface area contributed by atoms with Gasteiger partial charge in [-0.1, -0.05) is 6.07 Å². The molecule has 82 valence electrons. The van der Waals surface area contributed by atoms with Gasteiger partial charge in [0.15, 0.2) is 0 Å². The number of fused-ring (bicyclic) bond motifs is 1. The fourth-order valence-electron chi connectivity index (χ4n) is 1.79. The maximum Gasteiger partial charge on any atom is 0.119 e. The molecule has 0 fully saturated rings. The van der Waals surface area contributed by atoms with E-state index in [4.69, 9.17) is 14.2 Å². The van der Waals surface area contributed by atoms with Crippen molar-refractivity contribution in [2.75, 3.05) is 27.4 Å². The van der Waals surface area contributed by atoms with Gasteiger partial charge in [-0.3, -0.25) is 0 Å². The molecule has 0 spiro atoms. The second kappa shape index (κ2) is 4.64. The molecule has 0 radical (unpaired) electrons. The highest BCUT2D eigenvalue weighted by molar-refractivity contribution is 5.43. The summed E-state index contributed by atoms with van der Waals surface area (Å²) in [6.45, 7) is 1.22. The van der Waals surface area contributed by atoms with E-state index in [-0.39, 0.29) is 6.10 Å². The van der Waals surface area contributed by atoms with Crippen LogP contribution in [0.25, 0.3) is 0 Å². The van der Waals surface area contributed by atoms with E-state index in [0.29, 0.717) is 13.2 Å². The Morgan fingerprint density at radius 3 is 2.80 bits per heavy atom. The van der Waals surface area contributed by atoms with Crippen LogP contribution >= 0.6 is 0 Å². The lowest BCUT2D eigenvalue weighted by Crippen LogP contribution is -2.18. The summed E-state index contributed by atoms with van der Waals surface area (Å²) in [6, 6.07) is 6.15. The van der Waals surface area contributed by atoms with Crippen LogP contribution < -0.4 is 4.74 Å². The molecule has 3 nitrogen and oxygen atoms in total. The van der Waals surface area contributed by atoms with E-state index in [1.807, 2.05) is 6.07 Å². The number of hydrogen-bond donors (Lipinski definition) is 0. The fourth-order valence-corrected chi connectivity index (χ4v) is 1.79. The van der Waals surface area contributed by atoms with Gasteiger partial charge in [0, 0.05) is 20.6 Å². The SMILES string of the molecule is COCCOc1ccc2c(c1)CC2OC. The quantitative estimate of drug-likeness (QED) is 0.692. The fraction of sp³-hybridized carbons (Fsp3) is 0.500. The van der Waals surface area contributed by atoms with Crippen molar-refractivity contribution in [3.05, 3.63) is 29.3 Å². The maximum atomic E-state index is 5.52. The van der Waals surface area contributed by atoms with Gasteiger partial charge < -0.3 is 14.2 Å². The van der Waals surface area contributed by atoms with E-state index in [2.05, 4.69) is 12.1 Å². The third-order valence-electron chi connectivity index (χ3n) is 2.71. The van der Waals surface area contributed by atoms with Gasteiger partial charge in [0.05, 0.1) is 12.7 Å². The van der Waals surface area contributed by atoms with Gasteiger partial charge >= 0.3 is 0 Å². The van der Waals surface area contributed by atoms with E-state index in [1.165, 1.54) is 11.1 Å². The summed E-state index contributed by atoms with van der Waals surface area (Å²) in [4.78, 5) is 0. The first-order valence-corrected chi connectivity index (χ1v) is 5.12. The topological polar surface area (TPSA) is 27.7 Å². The van der Waals surface area contributed by atoms with Crippen LogP contribution in [0.15, 0.2) is 18.2 Å². The van der Waals surface area contributed by atoms with Crippen LogP contribution in [0.4, 0.5) is 0 Å². The summed E-state index contributed by atoms with van der Waals surface area (Å²) >= 11 is 0. The van der Waals surface area contributed by atoms with Crippen LogP contribution in [0.1, 0.15) is 17.2 Å². The van der Waals surface area contributed by atoms with Crippen molar-refractivity contribution in [3.8, 4) is 5.75 Å². The number of benzene rings is 1. The van der Waals surface area contributed by atoms with Crippen LogP contribution in [0, 0.1) is 0 Å². The summed E-state index contributed by atoms with van der Waals surface area (Å²) < 4.78 is 15.7. The first-order chi connectivity index (χ1) is 7.35. The molecule has 1 aromatic rings. The highest BCUT2D eigenvalue weighted by Crippen LogP contribution is 2.37. The molecule has 1 aliphatic carbocycles. The molecule has 0 aromatic heterocycles. The first kappa shape index (κ1) is 10.5. The summed E-state index contributed by atoms with van der Waals surface area (Å²) in [5.74, 6) is 0.917. The molecular weight excluding hydrogens is 192 g/mol. The predicted molar refractivity (Wildman–Crippen MR) is 57.3 cm³/mol. The van der Waals surface area contributed by atoms with Crippen molar-refractivity contribution in [1.29, 1.82) is 0 Å². The van der Waals surface area contributed by atoms with Gasteiger partial charge in [0.2, 0.25) is 0 Å². The number of ether oxygens (including phenoxy) is 3. The van der Waals surface area contributed by atoms with Gasteiger partial charge in [0.1, 0.15) is 12.4 Å². The zero-order valence-electron chi connectivity index (χ0n) is 9.16. The molecule has 1 atom stereocenters. The van der Waals surface area contributed by atoms with Crippen molar-refractivity contribution < 1.29 is 14.2 Å². The average molecular weight is 208 g/mol. The van der Waals surface area contributed by atoms with Gasteiger partial charge in [-0.2, -0.15) is 0 Å². The maximum absolute atomic E-state index is 5.52. The Morgan fingerprint density at radius 2 is 2.13 bits per heavy atom. The highest BCUT2D eigenvalue weighted by atomic mass is 16.5. The first-order valence-electron chi connectivity index (χ1n) is 5.12. The van der Waals surface area contributed by atoms with E-state index in [9.17, 15) is 0 Å². The number of hydrogen-bond acceptors (Lipinski definition) is 3. The Balaban J connectivity index is 1.96. The normalized spacial score (nSPS) is 18.1. The molecule has 2 rings (SSSR count). The Bertz CT molecular complexity index is 336. The van der Waals surface area contributed by atoms with Crippen molar-refractivity contribution in [3.63, 3.8) is 0 Å². The molecular formula is C12H16O3. The Labute approximate surface area is 90.0 Å². The van der Waals surface area contributed by atoms with E-state index >= 15 is 0 Å². The number of rotatable bonds is 5. The van der Waals surface area contributed by atoms with Crippen molar-refractivity contribution in [2.24, 2.45) is 0 Å².